The second-order valence-electron chi connectivity index (χ2n) is 4.14. The van der Waals surface area contributed by atoms with Gasteiger partial charge in [0.05, 0.1) is 0 Å². The van der Waals surface area contributed by atoms with Crippen LogP contribution in [0.2, 0.25) is 0 Å². The minimum Gasteiger partial charge on any atom is -0.316 e. The van der Waals surface area contributed by atoms with Crippen LogP contribution in [0.4, 0.5) is 0 Å². The summed E-state index contributed by atoms with van der Waals surface area (Å²) in [5.74, 6) is 0. The average Bonchev–Trinajstić information content (AvgIpc) is 2.71. The fourth-order valence-electron chi connectivity index (χ4n) is 1.81. The predicted molar refractivity (Wildman–Crippen MR) is 72.0 cm³/mol. The molecule has 0 spiro atoms. The molecule has 0 saturated carbocycles. The zero-order chi connectivity index (χ0) is 11.5. The Bertz CT molecular complexity index is 485. The number of hydrogen-bond acceptors (Lipinski definition) is 2. The van der Waals surface area contributed by atoms with Crippen molar-refractivity contribution in [3.63, 3.8) is 0 Å². The summed E-state index contributed by atoms with van der Waals surface area (Å²) in [6.07, 6.45) is 0. The Morgan fingerprint density at radius 2 is 1.94 bits per heavy atom. The van der Waals surface area contributed by atoms with Crippen LogP contribution in [0.5, 0.6) is 0 Å². The van der Waals surface area contributed by atoms with Crippen molar-refractivity contribution in [1.29, 1.82) is 0 Å². The van der Waals surface area contributed by atoms with E-state index in [-0.39, 0.29) is 0 Å². The van der Waals surface area contributed by atoms with Gasteiger partial charge in [0, 0.05) is 6.54 Å². The second-order valence-corrected chi connectivity index (χ2v) is 4.88. The summed E-state index contributed by atoms with van der Waals surface area (Å²) in [6.45, 7) is 5.26. The zero-order valence-corrected chi connectivity index (χ0v) is 10.8. The van der Waals surface area contributed by atoms with Gasteiger partial charge in [-0.3, -0.25) is 0 Å². The predicted octanol–water partition coefficient (Wildman–Crippen LogP) is 3.75. The third-order valence-electron chi connectivity index (χ3n) is 2.93. The monoisotopic (exact) mass is 231 g/mol. The van der Waals surface area contributed by atoms with E-state index in [0.717, 1.165) is 6.54 Å². The SMILES string of the molecule is CNCc1cscc1-c1ccc(C)c(C)c1. The molecule has 0 radical (unpaired) electrons. The number of rotatable bonds is 3. The lowest BCUT2D eigenvalue weighted by atomic mass is 10.00. The second kappa shape index (κ2) is 4.81. The van der Waals surface area contributed by atoms with E-state index in [0.29, 0.717) is 0 Å². The first kappa shape index (κ1) is 11.4. The highest BCUT2D eigenvalue weighted by Crippen LogP contribution is 2.28. The van der Waals surface area contributed by atoms with Crippen LogP contribution in [0.15, 0.2) is 29.0 Å². The van der Waals surface area contributed by atoms with Crippen molar-refractivity contribution >= 4 is 11.3 Å². The molecule has 0 amide bonds. The highest BCUT2D eigenvalue weighted by molar-refractivity contribution is 7.08. The van der Waals surface area contributed by atoms with Crippen LogP contribution in [-0.2, 0) is 6.54 Å². The van der Waals surface area contributed by atoms with E-state index in [1.165, 1.54) is 27.8 Å². The Morgan fingerprint density at radius 3 is 2.62 bits per heavy atom. The smallest absolute Gasteiger partial charge is 0.0216 e. The van der Waals surface area contributed by atoms with Gasteiger partial charge in [-0.2, -0.15) is 11.3 Å². The minimum atomic E-state index is 0.936. The largest absolute Gasteiger partial charge is 0.316 e. The van der Waals surface area contributed by atoms with Crippen LogP contribution >= 0.6 is 11.3 Å². The summed E-state index contributed by atoms with van der Waals surface area (Å²) >= 11 is 1.77. The van der Waals surface area contributed by atoms with Crippen molar-refractivity contribution in [2.24, 2.45) is 0 Å². The van der Waals surface area contributed by atoms with Crippen LogP contribution in [-0.4, -0.2) is 7.05 Å². The molecule has 0 aliphatic rings. The molecular weight excluding hydrogens is 214 g/mol. The number of hydrogen-bond donors (Lipinski definition) is 1. The summed E-state index contributed by atoms with van der Waals surface area (Å²) in [5.41, 5.74) is 6.79. The first-order chi connectivity index (χ1) is 7.72. The molecule has 2 aromatic rings. The fraction of sp³-hybridized carbons (Fsp3) is 0.286. The Hall–Kier alpha value is -1.12. The topological polar surface area (TPSA) is 12.0 Å². The minimum absolute atomic E-state index is 0.936. The summed E-state index contributed by atoms with van der Waals surface area (Å²) in [5, 5.41) is 7.67. The van der Waals surface area contributed by atoms with E-state index in [2.05, 4.69) is 48.1 Å². The number of benzene rings is 1. The van der Waals surface area contributed by atoms with Crippen LogP contribution in [0.3, 0.4) is 0 Å². The maximum Gasteiger partial charge on any atom is 0.0216 e. The van der Waals surface area contributed by atoms with Gasteiger partial charge in [0.1, 0.15) is 0 Å². The van der Waals surface area contributed by atoms with E-state index in [4.69, 9.17) is 0 Å². The lowest BCUT2D eigenvalue weighted by molar-refractivity contribution is 0.822. The molecule has 16 heavy (non-hydrogen) atoms. The van der Waals surface area contributed by atoms with Crippen molar-refractivity contribution in [2.75, 3.05) is 7.05 Å². The highest BCUT2D eigenvalue weighted by atomic mass is 32.1. The van der Waals surface area contributed by atoms with Gasteiger partial charge in [0.15, 0.2) is 0 Å². The summed E-state index contributed by atoms with van der Waals surface area (Å²) in [4.78, 5) is 0. The standard InChI is InChI=1S/C14H17NS/c1-10-4-5-12(6-11(10)2)14-9-16-8-13(14)7-15-3/h4-6,8-9,15H,7H2,1-3H3. The Kier molecular flexibility index (Phi) is 3.42. The summed E-state index contributed by atoms with van der Waals surface area (Å²) in [6, 6.07) is 6.69. The zero-order valence-electron chi connectivity index (χ0n) is 10.0. The van der Waals surface area contributed by atoms with Gasteiger partial charge in [0.25, 0.3) is 0 Å². The Morgan fingerprint density at radius 1 is 1.12 bits per heavy atom. The molecule has 0 unspecified atom stereocenters. The molecular formula is C14H17NS. The third kappa shape index (κ3) is 2.18. The first-order valence-corrected chi connectivity index (χ1v) is 6.44. The lowest BCUT2D eigenvalue weighted by Crippen LogP contribution is -2.04. The normalized spacial score (nSPS) is 10.7. The van der Waals surface area contributed by atoms with Gasteiger partial charge >= 0.3 is 0 Å². The van der Waals surface area contributed by atoms with Crippen LogP contribution in [0, 0.1) is 13.8 Å². The number of aryl methyl sites for hydroxylation is 2. The number of nitrogens with one attached hydrogen (secondary N) is 1. The van der Waals surface area contributed by atoms with Crippen molar-refractivity contribution in [2.45, 2.75) is 20.4 Å². The maximum absolute atomic E-state index is 3.21. The molecule has 1 heterocycles. The van der Waals surface area contributed by atoms with E-state index in [1.54, 1.807) is 11.3 Å². The van der Waals surface area contributed by atoms with Gasteiger partial charge in [-0.05, 0) is 59.5 Å². The van der Waals surface area contributed by atoms with Crippen molar-refractivity contribution < 1.29 is 0 Å². The maximum atomic E-state index is 3.21. The molecule has 0 fully saturated rings. The van der Waals surface area contributed by atoms with Crippen molar-refractivity contribution in [3.05, 3.63) is 45.6 Å². The highest BCUT2D eigenvalue weighted by Gasteiger charge is 2.06. The molecule has 0 bridgehead atoms. The lowest BCUT2D eigenvalue weighted by Gasteiger charge is -2.06. The molecule has 2 rings (SSSR count). The number of thiophene rings is 1. The van der Waals surface area contributed by atoms with E-state index < -0.39 is 0 Å². The summed E-state index contributed by atoms with van der Waals surface area (Å²) in [7, 11) is 1.99. The molecule has 2 heteroatoms. The molecule has 1 aromatic carbocycles. The van der Waals surface area contributed by atoms with E-state index in [9.17, 15) is 0 Å². The van der Waals surface area contributed by atoms with E-state index >= 15 is 0 Å². The van der Waals surface area contributed by atoms with Crippen LogP contribution in [0.25, 0.3) is 11.1 Å². The molecule has 1 N–H and O–H groups in total. The van der Waals surface area contributed by atoms with Crippen LogP contribution < -0.4 is 5.32 Å². The molecule has 0 aliphatic carbocycles. The van der Waals surface area contributed by atoms with Crippen LogP contribution in [0.1, 0.15) is 16.7 Å². The van der Waals surface area contributed by atoms with Gasteiger partial charge in [-0.1, -0.05) is 18.2 Å². The Balaban J connectivity index is 2.42. The van der Waals surface area contributed by atoms with Gasteiger partial charge < -0.3 is 5.32 Å². The van der Waals surface area contributed by atoms with Gasteiger partial charge in [0.2, 0.25) is 0 Å². The molecule has 0 aliphatic heterocycles. The Labute approximate surface area is 101 Å². The fourth-order valence-corrected chi connectivity index (χ4v) is 2.68. The van der Waals surface area contributed by atoms with Crippen molar-refractivity contribution in [1.82, 2.24) is 5.32 Å². The quantitative estimate of drug-likeness (QED) is 0.848. The molecule has 0 atom stereocenters. The molecule has 0 saturated heterocycles. The van der Waals surface area contributed by atoms with Crippen molar-refractivity contribution in [3.8, 4) is 11.1 Å². The van der Waals surface area contributed by atoms with Gasteiger partial charge in [-0.15, -0.1) is 0 Å². The molecule has 1 aromatic heterocycles. The molecule has 1 nitrogen and oxygen atoms in total. The van der Waals surface area contributed by atoms with E-state index in [1.807, 2.05) is 7.05 Å². The first-order valence-electron chi connectivity index (χ1n) is 5.49. The average molecular weight is 231 g/mol. The third-order valence-corrected chi connectivity index (χ3v) is 3.72. The molecule has 84 valence electrons. The summed E-state index contributed by atoms with van der Waals surface area (Å²) < 4.78 is 0. The van der Waals surface area contributed by atoms with Gasteiger partial charge in [-0.25, -0.2) is 0 Å².